The Morgan fingerprint density at radius 1 is 1.57 bits per heavy atom. The molecule has 0 bridgehead atoms. The molecule has 0 aromatic carbocycles. The molecule has 0 aliphatic rings. The summed E-state index contributed by atoms with van der Waals surface area (Å²) in [6, 6.07) is 4.09. The van der Waals surface area contributed by atoms with E-state index in [-0.39, 0.29) is 0 Å². The Bertz CT molecular complexity index is 462. The van der Waals surface area contributed by atoms with Gasteiger partial charge in [0, 0.05) is 19.2 Å². The van der Waals surface area contributed by atoms with Crippen molar-refractivity contribution >= 4 is 21.4 Å². The lowest BCUT2D eigenvalue weighted by Crippen LogP contribution is -1.98. The van der Waals surface area contributed by atoms with E-state index in [0.29, 0.717) is 6.54 Å². The molecule has 2 N–H and O–H groups in total. The lowest BCUT2D eigenvalue weighted by molar-refractivity contribution is 0.926. The molecule has 0 spiro atoms. The first-order valence-electron chi connectivity index (χ1n) is 4.61. The number of pyridine rings is 1. The van der Waals surface area contributed by atoms with E-state index in [1.54, 1.807) is 0 Å². The van der Waals surface area contributed by atoms with Crippen LogP contribution in [0.1, 0.15) is 18.3 Å². The SMILES string of the molecule is CCc1nc(Br)c2cc(CN)ccn12. The highest BCUT2D eigenvalue weighted by molar-refractivity contribution is 9.10. The smallest absolute Gasteiger partial charge is 0.132 e. The number of nitrogens with two attached hydrogens (primary N) is 1. The first kappa shape index (κ1) is 9.68. The second kappa shape index (κ2) is 3.71. The van der Waals surface area contributed by atoms with Crippen LogP contribution in [0.3, 0.4) is 0 Å². The molecule has 0 saturated carbocycles. The number of rotatable bonds is 2. The van der Waals surface area contributed by atoms with Crippen LogP contribution in [0.4, 0.5) is 0 Å². The molecule has 0 atom stereocenters. The minimum Gasteiger partial charge on any atom is -0.326 e. The Morgan fingerprint density at radius 2 is 2.36 bits per heavy atom. The number of halogens is 1. The Hall–Kier alpha value is -0.870. The molecular weight excluding hydrogens is 242 g/mol. The molecule has 0 fully saturated rings. The standard InChI is InChI=1S/C10H12BrN3/c1-2-9-13-10(11)8-5-7(6-12)3-4-14(8)9/h3-5H,2,6,12H2,1H3. The van der Waals surface area contributed by atoms with Gasteiger partial charge in [0.2, 0.25) is 0 Å². The van der Waals surface area contributed by atoms with Gasteiger partial charge in [0.25, 0.3) is 0 Å². The molecule has 0 aliphatic heterocycles. The van der Waals surface area contributed by atoms with Crippen LogP contribution in [0.5, 0.6) is 0 Å². The summed E-state index contributed by atoms with van der Waals surface area (Å²) < 4.78 is 2.98. The van der Waals surface area contributed by atoms with Crippen LogP contribution in [0, 0.1) is 0 Å². The molecule has 2 rings (SSSR count). The summed E-state index contributed by atoms with van der Waals surface area (Å²) in [6.45, 7) is 2.66. The number of nitrogens with zero attached hydrogens (tertiary/aromatic N) is 2. The van der Waals surface area contributed by atoms with E-state index in [1.807, 2.05) is 12.3 Å². The van der Waals surface area contributed by atoms with Gasteiger partial charge in [-0.25, -0.2) is 4.98 Å². The van der Waals surface area contributed by atoms with Crippen LogP contribution in [-0.4, -0.2) is 9.38 Å². The zero-order valence-corrected chi connectivity index (χ0v) is 9.58. The zero-order valence-electron chi connectivity index (χ0n) is 8.00. The van der Waals surface area contributed by atoms with Crippen molar-refractivity contribution < 1.29 is 0 Å². The second-order valence-electron chi connectivity index (χ2n) is 3.17. The molecule has 74 valence electrons. The van der Waals surface area contributed by atoms with E-state index in [0.717, 1.165) is 27.9 Å². The van der Waals surface area contributed by atoms with Crippen LogP contribution in [-0.2, 0) is 13.0 Å². The molecule has 2 aromatic heterocycles. The fourth-order valence-corrected chi connectivity index (χ4v) is 2.04. The molecular formula is C10H12BrN3. The van der Waals surface area contributed by atoms with Crippen molar-refractivity contribution in [1.29, 1.82) is 0 Å². The molecule has 14 heavy (non-hydrogen) atoms. The molecule has 4 heteroatoms. The van der Waals surface area contributed by atoms with E-state index in [9.17, 15) is 0 Å². The monoisotopic (exact) mass is 253 g/mol. The van der Waals surface area contributed by atoms with E-state index in [2.05, 4.69) is 38.3 Å². The van der Waals surface area contributed by atoms with Crippen molar-refractivity contribution in [2.45, 2.75) is 19.9 Å². The van der Waals surface area contributed by atoms with Gasteiger partial charge < -0.3 is 10.1 Å². The fraction of sp³-hybridized carbons (Fsp3) is 0.300. The summed E-state index contributed by atoms with van der Waals surface area (Å²) in [5.74, 6) is 1.07. The molecule has 2 heterocycles. The molecule has 0 saturated heterocycles. The summed E-state index contributed by atoms with van der Waals surface area (Å²) in [4.78, 5) is 4.42. The van der Waals surface area contributed by atoms with Crippen LogP contribution in [0.2, 0.25) is 0 Å². The summed E-state index contributed by atoms with van der Waals surface area (Å²) in [6.07, 6.45) is 2.95. The largest absolute Gasteiger partial charge is 0.326 e. The van der Waals surface area contributed by atoms with E-state index < -0.39 is 0 Å². The fourth-order valence-electron chi connectivity index (χ4n) is 1.53. The van der Waals surface area contributed by atoms with Gasteiger partial charge in [0.1, 0.15) is 10.4 Å². The first-order valence-corrected chi connectivity index (χ1v) is 5.41. The molecule has 2 aromatic rings. The second-order valence-corrected chi connectivity index (χ2v) is 3.92. The lowest BCUT2D eigenvalue weighted by atomic mass is 10.2. The Labute approximate surface area is 91.1 Å². The highest BCUT2D eigenvalue weighted by atomic mass is 79.9. The predicted molar refractivity (Wildman–Crippen MR) is 60.2 cm³/mol. The van der Waals surface area contributed by atoms with Gasteiger partial charge in [-0.2, -0.15) is 0 Å². The Balaban J connectivity index is 2.70. The third-order valence-electron chi connectivity index (χ3n) is 2.29. The van der Waals surface area contributed by atoms with Gasteiger partial charge in [0.05, 0.1) is 5.52 Å². The van der Waals surface area contributed by atoms with E-state index in [4.69, 9.17) is 5.73 Å². The number of hydrogen-bond acceptors (Lipinski definition) is 2. The maximum absolute atomic E-state index is 5.59. The van der Waals surface area contributed by atoms with Crippen molar-refractivity contribution in [2.24, 2.45) is 5.73 Å². The van der Waals surface area contributed by atoms with Gasteiger partial charge in [-0.05, 0) is 33.6 Å². The first-order chi connectivity index (χ1) is 6.76. The van der Waals surface area contributed by atoms with Gasteiger partial charge in [-0.1, -0.05) is 6.92 Å². The van der Waals surface area contributed by atoms with Crippen molar-refractivity contribution in [3.05, 3.63) is 34.3 Å². The highest BCUT2D eigenvalue weighted by Gasteiger charge is 2.07. The summed E-state index contributed by atoms with van der Waals surface area (Å²) in [7, 11) is 0. The van der Waals surface area contributed by atoms with E-state index in [1.165, 1.54) is 0 Å². The summed E-state index contributed by atoms with van der Waals surface area (Å²) in [5.41, 5.74) is 7.80. The Morgan fingerprint density at radius 3 is 3.00 bits per heavy atom. The molecule has 0 radical (unpaired) electrons. The van der Waals surface area contributed by atoms with Crippen LogP contribution in [0.15, 0.2) is 22.9 Å². The maximum atomic E-state index is 5.59. The third-order valence-corrected chi connectivity index (χ3v) is 2.87. The molecule has 0 aliphatic carbocycles. The van der Waals surface area contributed by atoms with E-state index >= 15 is 0 Å². The summed E-state index contributed by atoms with van der Waals surface area (Å²) in [5, 5.41) is 0. The lowest BCUT2D eigenvalue weighted by Gasteiger charge is -2.00. The Kier molecular flexibility index (Phi) is 2.56. The molecule has 0 amide bonds. The van der Waals surface area contributed by atoms with Crippen LogP contribution < -0.4 is 5.73 Å². The quantitative estimate of drug-likeness (QED) is 0.891. The van der Waals surface area contributed by atoms with Crippen molar-refractivity contribution in [2.75, 3.05) is 0 Å². The predicted octanol–water partition coefficient (Wildman–Crippen LogP) is 2.12. The van der Waals surface area contributed by atoms with Crippen molar-refractivity contribution in [1.82, 2.24) is 9.38 Å². The number of aromatic nitrogens is 2. The normalized spacial score (nSPS) is 11.1. The van der Waals surface area contributed by atoms with Gasteiger partial charge in [-0.15, -0.1) is 0 Å². The van der Waals surface area contributed by atoms with Crippen molar-refractivity contribution in [3.63, 3.8) is 0 Å². The topological polar surface area (TPSA) is 43.3 Å². The minimum absolute atomic E-state index is 0.565. The summed E-state index contributed by atoms with van der Waals surface area (Å²) >= 11 is 3.45. The molecule has 0 unspecified atom stereocenters. The average Bonchev–Trinajstić information content (AvgIpc) is 2.55. The van der Waals surface area contributed by atoms with Gasteiger partial charge >= 0.3 is 0 Å². The minimum atomic E-state index is 0.565. The zero-order chi connectivity index (χ0) is 10.1. The van der Waals surface area contributed by atoms with Gasteiger partial charge in [-0.3, -0.25) is 0 Å². The van der Waals surface area contributed by atoms with Crippen LogP contribution >= 0.6 is 15.9 Å². The number of hydrogen-bond donors (Lipinski definition) is 1. The average molecular weight is 254 g/mol. The number of imidazole rings is 1. The van der Waals surface area contributed by atoms with Gasteiger partial charge in [0.15, 0.2) is 0 Å². The number of aryl methyl sites for hydroxylation is 1. The maximum Gasteiger partial charge on any atom is 0.132 e. The number of fused-ring (bicyclic) bond motifs is 1. The van der Waals surface area contributed by atoms with Crippen LogP contribution in [0.25, 0.3) is 5.52 Å². The van der Waals surface area contributed by atoms with Crippen molar-refractivity contribution in [3.8, 4) is 0 Å². The highest BCUT2D eigenvalue weighted by Crippen LogP contribution is 2.20. The molecule has 3 nitrogen and oxygen atoms in total. The third kappa shape index (κ3) is 1.44.